The summed E-state index contributed by atoms with van der Waals surface area (Å²) in [6, 6.07) is 13.4. The number of anilines is 1. The van der Waals surface area contributed by atoms with E-state index in [0.29, 0.717) is 12.5 Å². The first-order valence-corrected chi connectivity index (χ1v) is 9.57. The molecule has 2 aromatic carbocycles. The average Bonchev–Trinajstić information content (AvgIpc) is 2.53. The van der Waals surface area contributed by atoms with E-state index in [2.05, 4.69) is 21.1 Å². The molecule has 0 aromatic heterocycles. The van der Waals surface area contributed by atoms with Crippen molar-refractivity contribution in [3.05, 3.63) is 64.7 Å². The molecule has 0 saturated carbocycles. The van der Waals surface area contributed by atoms with Crippen molar-refractivity contribution in [1.29, 1.82) is 0 Å². The Balaban J connectivity index is 1.98. The highest BCUT2D eigenvalue weighted by molar-refractivity contribution is 7.88. The predicted octanol–water partition coefficient (Wildman–Crippen LogP) is 2.28. The summed E-state index contributed by atoms with van der Waals surface area (Å²) < 4.78 is 25.4. The number of nitrogens with two attached hydrogens (primary N) is 1. The van der Waals surface area contributed by atoms with Crippen LogP contribution in [0.5, 0.6) is 0 Å². The van der Waals surface area contributed by atoms with E-state index < -0.39 is 10.0 Å². The first kappa shape index (κ1) is 19.0. The van der Waals surface area contributed by atoms with Gasteiger partial charge in [0.15, 0.2) is 5.96 Å². The fraction of sp³-hybridized carbons (Fsp3) is 0.278. The molecule has 0 aliphatic rings. The van der Waals surface area contributed by atoms with Crippen LogP contribution in [0.1, 0.15) is 22.3 Å². The van der Waals surface area contributed by atoms with Crippen LogP contribution in [0, 0.1) is 13.8 Å². The quantitative estimate of drug-likeness (QED) is 0.544. The Labute approximate surface area is 149 Å². The Kier molecular flexibility index (Phi) is 6.17. The molecule has 0 spiro atoms. The van der Waals surface area contributed by atoms with Crippen LogP contribution in [0.15, 0.2) is 47.5 Å². The lowest BCUT2D eigenvalue weighted by molar-refractivity contribution is 0.587. The third kappa shape index (κ3) is 6.21. The fourth-order valence-corrected chi connectivity index (χ4v) is 3.22. The minimum atomic E-state index is -3.26. The van der Waals surface area contributed by atoms with E-state index in [0.717, 1.165) is 27.9 Å². The zero-order valence-corrected chi connectivity index (χ0v) is 15.5. The predicted molar refractivity (Wildman–Crippen MR) is 103 cm³/mol. The van der Waals surface area contributed by atoms with Gasteiger partial charge in [-0.15, -0.1) is 0 Å². The number of nitrogens with zero attached hydrogens (tertiary/aromatic N) is 1. The van der Waals surface area contributed by atoms with Crippen LogP contribution in [0.3, 0.4) is 0 Å². The summed E-state index contributed by atoms with van der Waals surface area (Å²) in [5, 5.41) is 3.08. The van der Waals surface area contributed by atoms with Gasteiger partial charge in [0.2, 0.25) is 10.0 Å². The average molecular weight is 360 g/mol. The van der Waals surface area contributed by atoms with Gasteiger partial charge in [-0.1, -0.05) is 30.3 Å². The van der Waals surface area contributed by atoms with Crippen molar-refractivity contribution in [3.63, 3.8) is 0 Å². The number of rotatable bonds is 6. The van der Waals surface area contributed by atoms with Gasteiger partial charge in [0.1, 0.15) is 0 Å². The summed E-state index contributed by atoms with van der Waals surface area (Å²) >= 11 is 0. The number of guanidine groups is 1. The van der Waals surface area contributed by atoms with Gasteiger partial charge in [-0.05, 0) is 55.3 Å². The molecule has 0 atom stereocenters. The van der Waals surface area contributed by atoms with Crippen LogP contribution in [0.25, 0.3) is 0 Å². The molecule has 2 aromatic rings. The smallest absolute Gasteiger partial charge is 0.215 e. The van der Waals surface area contributed by atoms with E-state index in [4.69, 9.17) is 5.73 Å². The van der Waals surface area contributed by atoms with Crippen molar-refractivity contribution < 1.29 is 8.42 Å². The summed E-state index contributed by atoms with van der Waals surface area (Å²) in [7, 11) is -1.85. The van der Waals surface area contributed by atoms with Crippen molar-refractivity contribution in [2.45, 2.75) is 26.1 Å². The zero-order chi connectivity index (χ0) is 18.4. The SMILES string of the molecule is CNS(=O)(=O)Cc1ccc(CN=C(N)Nc2cc(C)cc(C)c2)cc1. The van der Waals surface area contributed by atoms with Gasteiger partial charge >= 0.3 is 0 Å². The molecule has 7 heteroatoms. The molecule has 0 aliphatic heterocycles. The first-order valence-electron chi connectivity index (χ1n) is 7.92. The first-order chi connectivity index (χ1) is 11.8. The van der Waals surface area contributed by atoms with Crippen LogP contribution < -0.4 is 15.8 Å². The Hall–Kier alpha value is -2.38. The minimum absolute atomic E-state index is 0.0382. The van der Waals surface area contributed by atoms with Crippen molar-refractivity contribution in [3.8, 4) is 0 Å². The van der Waals surface area contributed by atoms with Crippen molar-refractivity contribution in [1.82, 2.24) is 4.72 Å². The van der Waals surface area contributed by atoms with Gasteiger partial charge in [-0.3, -0.25) is 0 Å². The van der Waals surface area contributed by atoms with Crippen LogP contribution in [0.4, 0.5) is 5.69 Å². The number of hydrogen-bond acceptors (Lipinski definition) is 3. The number of benzene rings is 2. The van der Waals surface area contributed by atoms with Gasteiger partial charge in [-0.2, -0.15) is 0 Å². The van der Waals surface area contributed by atoms with E-state index >= 15 is 0 Å². The molecule has 0 heterocycles. The van der Waals surface area contributed by atoms with Crippen molar-refractivity contribution in [2.24, 2.45) is 10.7 Å². The zero-order valence-electron chi connectivity index (χ0n) is 14.7. The summed E-state index contributed by atoms with van der Waals surface area (Å²) in [5.41, 5.74) is 10.8. The molecule has 6 nitrogen and oxygen atoms in total. The molecule has 0 fully saturated rings. The third-order valence-electron chi connectivity index (χ3n) is 3.62. The van der Waals surface area contributed by atoms with Crippen molar-refractivity contribution >= 4 is 21.7 Å². The number of nitrogens with one attached hydrogen (secondary N) is 2. The number of aryl methyl sites for hydroxylation is 2. The Bertz CT molecular complexity index is 839. The monoisotopic (exact) mass is 360 g/mol. The maximum absolute atomic E-state index is 11.5. The van der Waals surface area contributed by atoms with E-state index in [9.17, 15) is 8.42 Å². The Morgan fingerprint density at radius 3 is 2.16 bits per heavy atom. The molecule has 134 valence electrons. The molecule has 2 rings (SSSR count). The summed E-state index contributed by atoms with van der Waals surface area (Å²) in [4.78, 5) is 4.32. The Morgan fingerprint density at radius 1 is 1.04 bits per heavy atom. The lowest BCUT2D eigenvalue weighted by Crippen LogP contribution is -2.22. The highest BCUT2D eigenvalue weighted by atomic mass is 32.2. The van der Waals surface area contributed by atoms with Gasteiger partial charge in [0, 0.05) is 5.69 Å². The normalized spacial score (nSPS) is 12.2. The molecule has 25 heavy (non-hydrogen) atoms. The van der Waals surface area contributed by atoms with Gasteiger partial charge < -0.3 is 11.1 Å². The number of hydrogen-bond donors (Lipinski definition) is 3. The highest BCUT2D eigenvalue weighted by Gasteiger charge is 2.08. The van der Waals surface area contributed by atoms with Crippen LogP contribution in [-0.2, 0) is 22.3 Å². The van der Waals surface area contributed by atoms with E-state index in [1.54, 1.807) is 12.1 Å². The van der Waals surface area contributed by atoms with Gasteiger partial charge in [0.25, 0.3) is 0 Å². The van der Waals surface area contributed by atoms with E-state index in [1.165, 1.54) is 7.05 Å². The van der Waals surface area contributed by atoms with Gasteiger partial charge in [-0.25, -0.2) is 18.1 Å². The molecule has 0 amide bonds. The molecule has 4 N–H and O–H groups in total. The molecule has 0 radical (unpaired) electrons. The minimum Gasteiger partial charge on any atom is -0.370 e. The van der Waals surface area contributed by atoms with Crippen LogP contribution in [0.2, 0.25) is 0 Å². The summed E-state index contributed by atoms with van der Waals surface area (Å²) in [6.07, 6.45) is 0. The highest BCUT2D eigenvalue weighted by Crippen LogP contribution is 2.13. The molecular formula is C18H24N4O2S. The second-order valence-corrected chi connectivity index (χ2v) is 7.91. The maximum Gasteiger partial charge on any atom is 0.215 e. The van der Waals surface area contributed by atoms with Gasteiger partial charge in [0.05, 0.1) is 12.3 Å². The topological polar surface area (TPSA) is 96.6 Å². The fourth-order valence-electron chi connectivity index (χ4n) is 2.44. The Morgan fingerprint density at radius 2 is 1.60 bits per heavy atom. The lowest BCUT2D eigenvalue weighted by atomic mass is 10.1. The number of aliphatic imine (C=N–C) groups is 1. The molecule has 0 unspecified atom stereocenters. The third-order valence-corrected chi connectivity index (χ3v) is 4.95. The summed E-state index contributed by atoms with van der Waals surface area (Å²) in [6.45, 7) is 4.48. The maximum atomic E-state index is 11.5. The van der Waals surface area contributed by atoms with Crippen LogP contribution in [-0.4, -0.2) is 21.4 Å². The molecule has 0 bridgehead atoms. The number of sulfonamides is 1. The van der Waals surface area contributed by atoms with Crippen molar-refractivity contribution in [2.75, 3.05) is 12.4 Å². The molecule has 0 saturated heterocycles. The summed E-state index contributed by atoms with van der Waals surface area (Å²) in [5.74, 6) is 0.301. The van der Waals surface area contributed by atoms with E-state index in [-0.39, 0.29) is 5.75 Å². The standard InChI is InChI=1S/C18H24N4O2S/c1-13-8-14(2)10-17(9-13)22-18(19)21-11-15-4-6-16(7-5-15)12-25(23,24)20-3/h4-10,20H,11-12H2,1-3H3,(H3,19,21,22). The lowest BCUT2D eigenvalue weighted by Gasteiger charge is -2.08. The molecule has 0 aliphatic carbocycles. The second-order valence-electron chi connectivity index (χ2n) is 5.98. The second kappa shape index (κ2) is 8.13. The molecular weight excluding hydrogens is 336 g/mol. The largest absolute Gasteiger partial charge is 0.370 e. The van der Waals surface area contributed by atoms with Crippen LogP contribution >= 0.6 is 0 Å². The van der Waals surface area contributed by atoms with E-state index in [1.807, 2.05) is 38.1 Å².